The van der Waals surface area contributed by atoms with Gasteiger partial charge in [0.25, 0.3) is 0 Å². The van der Waals surface area contributed by atoms with Crippen molar-refractivity contribution in [1.82, 2.24) is 53.2 Å². The summed E-state index contributed by atoms with van der Waals surface area (Å²) in [5, 5.41) is 59.6. The predicted octanol–water partition coefficient (Wildman–Crippen LogP) is 3.27. The van der Waals surface area contributed by atoms with Gasteiger partial charge in [-0.15, -0.1) is 0 Å². The van der Waals surface area contributed by atoms with Crippen LogP contribution in [0.3, 0.4) is 0 Å². The Morgan fingerprint density at radius 3 is 1.51 bits per heavy atom. The molecule has 3 saturated heterocycles. The molecule has 2 aromatic rings. The third-order valence-corrected chi connectivity index (χ3v) is 15.4. The number of hydrogen-bond donors (Lipinski definition) is 13. The maximum absolute atomic E-state index is 14.3. The van der Waals surface area contributed by atoms with Gasteiger partial charge in [0.1, 0.15) is 23.7 Å². The zero-order valence-corrected chi connectivity index (χ0v) is 48.9. The fourth-order valence-corrected chi connectivity index (χ4v) is 10.6. The van der Waals surface area contributed by atoms with Gasteiger partial charge in [0.2, 0.25) is 11.8 Å². The average Bonchev–Trinajstić information content (AvgIpc) is 3.58. The molecule has 3 heterocycles. The van der Waals surface area contributed by atoms with Crippen molar-refractivity contribution in [3.05, 3.63) is 71.8 Å². The Morgan fingerprint density at radius 2 is 0.976 bits per heavy atom. The Morgan fingerprint density at radius 1 is 0.494 bits per heavy atom. The van der Waals surface area contributed by atoms with E-state index in [4.69, 9.17) is 5.11 Å². The molecular weight excluding hydrogens is 1060 g/mol. The van der Waals surface area contributed by atoms with Crippen molar-refractivity contribution in [2.45, 2.75) is 153 Å². The maximum atomic E-state index is 14.3. The number of hydrogen-bond acceptors (Lipinski definition) is 15. The van der Waals surface area contributed by atoms with Crippen LogP contribution in [-0.2, 0) is 51.2 Å². The lowest BCUT2D eigenvalue weighted by atomic mass is 9.80. The standard InChI is InChI=1S/C61H96N10O12/c1-60-39-62-29-32-65-42-61(43-66-33-30-63-40-60,44-67-34-31-64-41-60)38-49(73)22-16-21-48(72)37-47(35-45-17-8-6-9-18-45)56(78)69-52(36-46-19-10-7-11-20-46)53(74)24-12-4-2-3-5-13-25-54(75)68-28-15-14-23-50(57(79)80)70-59(83)71-51(58(81)82)26-27-55(76)77/h6-11,17-20,47,50-52,62-67H,2-5,12-16,21-44H2,1H3,(H,68,75)(H,69,78)(H,76,77)(H,79,80)(H,81,82)(H2,70,71,83)/t47-,50-,51-,52+,60?,61?/m0/s1. The average molecular weight is 1160 g/mol. The molecule has 0 unspecified atom stereocenters. The van der Waals surface area contributed by atoms with E-state index in [1.165, 1.54) is 0 Å². The monoisotopic (exact) mass is 1160 g/mol. The summed E-state index contributed by atoms with van der Waals surface area (Å²) in [5.74, 6) is -5.30. The molecule has 22 nitrogen and oxygen atoms in total. The zero-order chi connectivity index (χ0) is 60.1. The predicted molar refractivity (Wildman–Crippen MR) is 317 cm³/mol. The number of carboxylic acids is 3. The molecule has 13 N–H and O–H groups in total. The first kappa shape index (κ1) is 69.3. The van der Waals surface area contributed by atoms with Crippen LogP contribution in [0.15, 0.2) is 60.7 Å². The third-order valence-electron chi connectivity index (χ3n) is 15.4. The molecule has 22 heteroatoms. The maximum Gasteiger partial charge on any atom is 0.326 e. The number of carbonyl (C=O) groups excluding carboxylic acids is 6. The molecule has 83 heavy (non-hydrogen) atoms. The SMILES string of the molecule is CC12CNCCNCC(CC(=O)CCCC(=O)C[C@H](Cc3ccccc3)C(=O)N[C@H](Cc3ccccc3)C(=O)CCCCCCCCC(=O)NCCCC[C@H](NC(=O)N[C@@H](CCC(=O)O)C(=O)O)C(=O)O)(CNCCNC1)CNCCNC2. The quantitative estimate of drug-likeness (QED) is 0.0436. The molecule has 4 atom stereocenters. The van der Waals surface area contributed by atoms with Crippen LogP contribution in [0.5, 0.6) is 0 Å². The van der Waals surface area contributed by atoms with Crippen molar-refractivity contribution < 1.29 is 58.5 Å². The molecule has 4 amide bonds. The fraction of sp³-hybridized carbons (Fsp3) is 0.656. The number of rotatable bonds is 36. The molecule has 5 rings (SSSR count). The Bertz CT molecular complexity index is 2270. The number of nitrogens with one attached hydrogen (secondary N) is 10. The third kappa shape index (κ3) is 29.8. The second-order valence-electron chi connectivity index (χ2n) is 23.1. The van der Waals surface area contributed by atoms with Crippen molar-refractivity contribution >= 4 is 53.1 Å². The lowest BCUT2D eigenvalue weighted by Crippen LogP contribution is -2.54. The van der Waals surface area contributed by atoms with Crippen LogP contribution in [0, 0.1) is 16.7 Å². The molecular formula is C61H96N10O12. The Balaban J connectivity index is 1.21. The molecule has 2 aromatic carbocycles. The topological polar surface area (TPSA) is 335 Å². The van der Waals surface area contributed by atoms with Crippen LogP contribution < -0.4 is 53.2 Å². The summed E-state index contributed by atoms with van der Waals surface area (Å²) in [6.45, 7) is 12.1. The molecule has 3 fully saturated rings. The highest BCUT2D eigenvalue weighted by molar-refractivity contribution is 5.92. The van der Waals surface area contributed by atoms with E-state index in [0.29, 0.717) is 84.0 Å². The number of amides is 4. The van der Waals surface area contributed by atoms with Gasteiger partial charge >= 0.3 is 23.9 Å². The van der Waals surface area contributed by atoms with E-state index in [1.807, 2.05) is 60.7 Å². The lowest BCUT2D eigenvalue weighted by molar-refractivity contribution is -0.141. The van der Waals surface area contributed by atoms with Gasteiger partial charge in [-0.3, -0.25) is 28.8 Å². The van der Waals surface area contributed by atoms with Crippen molar-refractivity contribution in [2.24, 2.45) is 16.7 Å². The highest BCUT2D eigenvalue weighted by atomic mass is 16.4. The summed E-state index contributed by atoms with van der Waals surface area (Å²) < 4.78 is 0. The van der Waals surface area contributed by atoms with Gasteiger partial charge in [0.15, 0.2) is 5.78 Å². The van der Waals surface area contributed by atoms with E-state index in [0.717, 1.165) is 95.7 Å². The molecule has 0 aliphatic carbocycles. The van der Waals surface area contributed by atoms with Gasteiger partial charge in [-0.05, 0) is 68.9 Å². The van der Waals surface area contributed by atoms with Crippen molar-refractivity contribution in [1.29, 1.82) is 0 Å². The summed E-state index contributed by atoms with van der Waals surface area (Å²) in [5.41, 5.74) is 1.51. The number of carboxylic acid groups (broad SMARTS) is 3. The van der Waals surface area contributed by atoms with Crippen LogP contribution >= 0.6 is 0 Å². The second kappa shape index (κ2) is 39.4. The summed E-state index contributed by atoms with van der Waals surface area (Å²) in [7, 11) is 0. The van der Waals surface area contributed by atoms with Crippen LogP contribution in [0.1, 0.15) is 134 Å². The number of fused-ring (bicyclic) bond motifs is 15. The lowest BCUT2D eigenvalue weighted by Gasteiger charge is -2.36. The summed E-state index contributed by atoms with van der Waals surface area (Å²) in [6.07, 6.45) is 6.89. The van der Waals surface area contributed by atoms with Gasteiger partial charge in [-0.1, -0.05) is 93.3 Å². The zero-order valence-electron chi connectivity index (χ0n) is 48.9. The summed E-state index contributed by atoms with van der Waals surface area (Å²) >= 11 is 0. The largest absolute Gasteiger partial charge is 0.481 e. The smallest absolute Gasteiger partial charge is 0.326 e. The first-order chi connectivity index (χ1) is 39.9. The minimum Gasteiger partial charge on any atom is -0.481 e. The van der Waals surface area contributed by atoms with Gasteiger partial charge in [0, 0.05) is 147 Å². The van der Waals surface area contributed by atoms with E-state index >= 15 is 0 Å². The van der Waals surface area contributed by atoms with E-state index in [-0.39, 0.29) is 78.5 Å². The van der Waals surface area contributed by atoms with Gasteiger partial charge in [-0.2, -0.15) is 0 Å². The minimum atomic E-state index is -1.50. The number of urea groups is 1. The first-order valence-electron chi connectivity index (χ1n) is 30.1. The number of ketones is 3. The van der Waals surface area contributed by atoms with E-state index in [2.05, 4.69) is 60.1 Å². The van der Waals surface area contributed by atoms with Gasteiger partial charge < -0.3 is 68.5 Å². The highest BCUT2D eigenvalue weighted by Crippen LogP contribution is 2.24. The molecule has 0 radical (unpaired) electrons. The van der Waals surface area contributed by atoms with Crippen LogP contribution in [0.4, 0.5) is 4.79 Å². The Hall–Kier alpha value is -6.17. The normalized spacial score (nSPS) is 19.5. The summed E-state index contributed by atoms with van der Waals surface area (Å²) in [4.78, 5) is 115. The molecule has 3 aliphatic heterocycles. The molecule has 0 spiro atoms. The Labute approximate surface area is 490 Å². The molecule has 0 aromatic heterocycles. The van der Waals surface area contributed by atoms with Crippen LogP contribution in [0.25, 0.3) is 0 Å². The van der Waals surface area contributed by atoms with Crippen molar-refractivity contribution in [3.63, 3.8) is 0 Å². The fourth-order valence-electron chi connectivity index (χ4n) is 10.6. The van der Waals surface area contributed by atoms with E-state index in [1.54, 1.807) is 0 Å². The molecule has 3 aliphatic rings. The number of Topliss-reactive ketones (excluding diaryl/α,β-unsaturated/α-hetero) is 3. The number of benzene rings is 2. The number of unbranched alkanes of at least 4 members (excludes halogenated alkanes) is 6. The van der Waals surface area contributed by atoms with Crippen LogP contribution in [-0.4, -0.2) is 172 Å². The van der Waals surface area contributed by atoms with Crippen molar-refractivity contribution in [3.8, 4) is 0 Å². The molecule has 462 valence electrons. The molecule has 0 saturated carbocycles. The van der Waals surface area contributed by atoms with Gasteiger partial charge in [0.05, 0.1) is 6.04 Å². The Kier molecular flexibility index (Phi) is 32.9. The number of aliphatic carboxylic acids is 3. The second-order valence-corrected chi connectivity index (χ2v) is 23.1. The van der Waals surface area contributed by atoms with E-state index in [9.17, 15) is 53.4 Å². The van der Waals surface area contributed by atoms with Gasteiger partial charge in [-0.25, -0.2) is 14.4 Å². The minimum absolute atomic E-state index is 0.0169. The van der Waals surface area contributed by atoms with Crippen LogP contribution in [0.2, 0.25) is 0 Å². The first-order valence-corrected chi connectivity index (χ1v) is 30.1. The van der Waals surface area contributed by atoms with Crippen molar-refractivity contribution in [2.75, 3.05) is 85.1 Å². The molecule has 2 bridgehead atoms. The number of carbonyl (C=O) groups is 9. The summed E-state index contributed by atoms with van der Waals surface area (Å²) in [6, 6.07) is 14.4. The van der Waals surface area contributed by atoms with E-state index < -0.39 is 54.4 Å². The highest BCUT2D eigenvalue weighted by Gasteiger charge is 2.34.